The van der Waals surface area contributed by atoms with E-state index in [9.17, 15) is 27.9 Å². The Hall–Kier alpha value is -3.58. The van der Waals surface area contributed by atoms with E-state index in [0.717, 1.165) is 23.9 Å². The van der Waals surface area contributed by atoms with Crippen molar-refractivity contribution in [2.75, 3.05) is 35.7 Å². The highest BCUT2D eigenvalue weighted by atomic mass is 35.5. The van der Waals surface area contributed by atoms with E-state index >= 15 is 0 Å². The summed E-state index contributed by atoms with van der Waals surface area (Å²) in [5.41, 5.74) is 3.67. The molecule has 4 rings (SSSR count). The van der Waals surface area contributed by atoms with E-state index < -0.39 is 34.7 Å². The molecule has 1 fully saturated rings. The number of benzene rings is 3. The van der Waals surface area contributed by atoms with E-state index in [1.165, 1.54) is 17.8 Å². The van der Waals surface area contributed by atoms with Gasteiger partial charge in [0.05, 0.1) is 40.8 Å². The quantitative estimate of drug-likeness (QED) is 0.132. The number of amides is 2. The summed E-state index contributed by atoms with van der Waals surface area (Å²) < 4.78 is 39.6. The molecule has 1 saturated heterocycles. The molecule has 1 aliphatic rings. The Kier molecular flexibility index (Phi) is 11.1. The smallest absolute Gasteiger partial charge is 0.396 e. The van der Waals surface area contributed by atoms with E-state index in [1.54, 1.807) is 36.4 Å². The van der Waals surface area contributed by atoms with Crippen molar-refractivity contribution in [1.82, 2.24) is 5.43 Å². The highest BCUT2D eigenvalue weighted by Crippen LogP contribution is 2.35. The Morgan fingerprint density at radius 3 is 2.56 bits per heavy atom. The largest absolute Gasteiger partial charge is 0.417 e. The molecule has 0 unspecified atom stereocenters. The normalized spacial score (nSPS) is 14.2. The number of hydrazone groups is 1. The summed E-state index contributed by atoms with van der Waals surface area (Å²) in [6.45, 7) is 1.21. The van der Waals surface area contributed by atoms with Gasteiger partial charge in [-0.05, 0) is 66.4 Å². The van der Waals surface area contributed by atoms with Gasteiger partial charge in [-0.25, -0.2) is 5.43 Å². The van der Waals surface area contributed by atoms with Crippen LogP contribution >= 0.6 is 23.4 Å². The molecule has 3 aromatic rings. The lowest BCUT2D eigenvalue weighted by Gasteiger charge is -2.32. The summed E-state index contributed by atoms with van der Waals surface area (Å²) in [6.07, 6.45) is -2.84. The first-order valence-corrected chi connectivity index (χ1v) is 14.9. The molecule has 228 valence electrons. The summed E-state index contributed by atoms with van der Waals surface area (Å²) in [7, 11) is 0. The van der Waals surface area contributed by atoms with Crippen molar-refractivity contribution in [1.29, 1.82) is 0 Å². The fourth-order valence-electron chi connectivity index (χ4n) is 4.47. The number of aliphatic hydroxyl groups is 2. The van der Waals surface area contributed by atoms with Gasteiger partial charge in [-0.3, -0.25) is 9.59 Å². The Labute approximate surface area is 255 Å². The lowest BCUT2D eigenvalue weighted by atomic mass is 10.0. The fourth-order valence-corrected chi connectivity index (χ4v) is 5.38. The van der Waals surface area contributed by atoms with Crippen molar-refractivity contribution >= 4 is 52.8 Å². The van der Waals surface area contributed by atoms with E-state index in [0.29, 0.717) is 48.7 Å². The Balaban J connectivity index is 1.56. The number of aliphatic hydroxyl groups excluding tert-OH is 2. The first kappa shape index (κ1) is 32.3. The lowest BCUT2D eigenvalue weighted by molar-refractivity contribution is -0.137. The summed E-state index contributed by atoms with van der Waals surface area (Å²) in [6, 6.07) is 15.2. The van der Waals surface area contributed by atoms with Crippen LogP contribution in [0.4, 0.5) is 24.5 Å². The van der Waals surface area contributed by atoms with Crippen molar-refractivity contribution < 1.29 is 33.0 Å². The van der Waals surface area contributed by atoms with Crippen LogP contribution in [-0.2, 0) is 11.9 Å². The van der Waals surface area contributed by atoms with Gasteiger partial charge in [0.1, 0.15) is 0 Å². The first-order valence-electron chi connectivity index (χ1n) is 13.4. The van der Waals surface area contributed by atoms with Crippen LogP contribution in [-0.4, -0.2) is 59.8 Å². The third-order valence-electron chi connectivity index (χ3n) is 6.69. The zero-order valence-corrected chi connectivity index (χ0v) is 24.5. The molecule has 0 aliphatic carbocycles. The fraction of sp³-hybridized carbons (Fsp3) is 0.300. The molecular weight excluding hydrogens is 605 g/mol. The summed E-state index contributed by atoms with van der Waals surface area (Å²) >= 11 is 7.21. The molecule has 1 aliphatic heterocycles. The van der Waals surface area contributed by atoms with Gasteiger partial charge in [0.15, 0.2) is 0 Å². The van der Waals surface area contributed by atoms with Crippen molar-refractivity contribution in [2.24, 2.45) is 5.10 Å². The number of carbonyl (C=O) groups excluding carboxylic acids is 2. The van der Waals surface area contributed by atoms with Gasteiger partial charge in [-0.1, -0.05) is 29.8 Å². The standard InChI is InChI=1S/C30H30ClF3N4O4S/c31-26-6-4-19(15-25(26)30(32,33)34)17-35-37-29(42)24-16-22(38-10-8-23(40)9-11-38)5-7-27(24)36-28(41)21-3-1-2-20(14-21)18-43-13-12-39/h1-7,14-17,23,39-40H,8-13,18H2,(H,36,41)(H,37,42). The molecular formula is C30H30ClF3N4O4S. The summed E-state index contributed by atoms with van der Waals surface area (Å²) in [5, 5.41) is 25.1. The van der Waals surface area contributed by atoms with Gasteiger partial charge in [0.25, 0.3) is 11.8 Å². The second-order valence-corrected chi connectivity index (χ2v) is 11.3. The third-order valence-corrected chi connectivity index (χ3v) is 8.03. The van der Waals surface area contributed by atoms with Crippen LogP contribution in [0.5, 0.6) is 0 Å². The number of piperidine rings is 1. The molecule has 0 atom stereocenters. The van der Waals surface area contributed by atoms with Gasteiger partial charge >= 0.3 is 6.18 Å². The second-order valence-electron chi connectivity index (χ2n) is 9.81. The molecule has 8 nitrogen and oxygen atoms in total. The Morgan fingerprint density at radius 1 is 1.07 bits per heavy atom. The molecule has 0 saturated carbocycles. The van der Waals surface area contributed by atoms with Gasteiger partial charge < -0.3 is 20.4 Å². The molecule has 0 aromatic heterocycles. The monoisotopic (exact) mass is 634 g/mol. The van der Waals surface area contributed by atoms with Gasteiger partial charge in [0, 0.05) is 35.8 Å². The number of alkyl halides is 3. The topological polar surface area (TPSA) is 114 Å². The maximum Gasteiger partial charge on any atom is 0.417 e. The third kappa shape index (κ3) is 8.96. The van der Waals surface area contributed by atoms with E-state index in [2.05, 4.69) is 15.8 Å². The minimum Gasteiger partial charge on any atom is -0.396 e. The number of hydrogen-bond donors (Lipinski definition) is 4. The van der Waals surface area contributed by atoms with Crippen LogP contribution in [0.3, 0.4) is 0 Å². The summed E-state index contributed by atoms with van der Waals surface area (Å²) in [4.78, 5) is 28.5. The van der Waals surface area contributed by atoms with Crippen LogP contribution in [0.15, 0.2) is 65.8 Å². The van der Waals surface area contributed by atoms with Crippen molar-refractivity contribution in [3.05, 3.63) is 93.5 Å². The number of thioether (sulfide) groups is 1. The van der Waals surface area contributed by atoms with Gasteiger partial charge in [-0.15, -0.1) is 0 Å². The highest BCUT2D eigenvalue weighted by molar-refractivity contribution is 7.98. The second kappa shape index (κ2) is 14.7. The average molecular weight is 635 g/mol. The van der Waals surface area contributed by atoms with Crippen molar-refractivity contribution in [2.45, 2.75) is 30.9 Å². The zero-order valence-electron chi connectivity index (χ0n) is 22.9. The maximum atomic E-state index is 13.3. The highest BCUT2D eigenvalue weighted by Gasteiger charge is 2.33. The van der Waals surface area contributed by atoms with Crippen molar-refractivity contribution in [3.63, 3.8) is 0 Å². The maximum absolute atomic E-state index is 13.3. The summed E-state index contributed by atoms with van der Waals surface area (Å²) in [5.74, 6) is 0.0529. The Bertz CT molecular complexity index is 1480. The minimum absolute atomic E-state index is 0.0576. The molecule has 1 heterocycles. The van der Waals surface area contributed by atoms with Gasteiger partial charge in [-0.2, -0.15) is 30.0 Å². The predicted octanol–water partition coefficient (Wildman–Crippen LogP) is 5.56. The Morgan fingerprint density at radius 2 is 1.84 bits per heavy atom. The lowest BCUT2D eigenvalue weighted by Crippen LogP contribution is -2.36. The molecule has 0 bridgehead atoms. The SMILES string of the molecule is O=C(Nc1ccc(N2CCC(O)CC2)cc1C(=O)NN=Cc1ccc(Cl)c(C(F)(F)F)c1)c1cccc(CSCCO)c1. The number of rotatable bonds is 10. The molecule has 13 heteroatoms. The van der Waals surface area contributed by atoms with Crippen LogP contribution in [0, 0.1) is 0 Å². The molecule has 0 radical (unpaired) electrons. The van der Waals surface area contributed by atoms with E-state index in [-0.39, 0.29) is 23.4 Å². The van der Waals surface area contributed by atoms with Crippen LogP contribution < -0.4 is 15.6 Å². The first-order chi connectivity index (χ1) is 20.5. The molecule has 43 heavy (non-hydrogen) atoms. The number of nitrogens with zero attached hydrogens (tertiary/aromatic N) is 2. The minimum atomic E-state index is -4.65. The zero-order chi connectivity index (χ0) is 31.0. The average Bonchev–Trinajstić information content (AvgIpc) is 2.98. The number of halogens is 4. The van der Waals surface area contributed by atoms with Crippen LogP contribution in [0.1, 0.15) is 50.2 Å². The molecule has 4 N–H and O–H groups in total. The molecule has 2 amide bonds. The van der Waals surface area contributed by atoms with Crippen LogP contribution in [0.2, 0.25) is 5.02 Å². The molecule has 3 aromatic carbocycles. The number of carbonyl (C=O) groups is 2. The van der Waals surface area contributed by atoms with Gasteiger partial charge in [0.2, 0.25) is 0 Å². The van der Waals surface area contributed by atoms with E-state index in [1.807, 2.05) is 11.0 Å². The molecule has 0 spiro atoms. The number of nitrogens with one attached hydrogen (secondary N) is 2. The van der Waals surface area contributed by atoms with Crippen molar-refractivity contribution in [3.8, 4) is 0 Å². The predicted molar refractivity (Wildman–Crippen MR) is 163 cm³/mol. The van der Waals surface area contributed by atoms with E-state index in [4.69, 9.17) is 16.7 Å². The number of hydrogen-bond acceptors (Lipinski definition) is 7. The van der Waals surface area contributed by atoms with Crippen LogP contribution in [0.25, 0.3) is 0 Å². The number of anilines is 2.